The molecule has 0 radical (unpaired) electrons. The monoisotopic (exact) mass is 310 g/mol. The average molecular weight is 310 g/mol. The second-order valence-electron chi connectivity index (χ2n) is 6.16. The Morgan fingerprint density at radius 2 is 1.83 bits per heavy atom. The van der Waals surface area contributed by atoms with Crippen molar-refractivity contribution in [3.8, 4) is 0 Å². The number of rotatable bonds is 5. The number of nitrogens with one attached hydrogen (secondary N) is 1. The van der Waals surface area contributed by atoms with Crippen LogP contribution in [-0.2, 0) is 11.3 Å². The summed E-state index contributed by atoms with van der Waals surface area (Å²) in [6.07, 6.45) is 0.446. The van der Waals surface area contributed by atoms with Crippen LogP contribution in [0.25, 0.3) is 0 Å². The summed E-state index contributed by atoms with van der Waals surface area (Å²) in [7, 11) is 0. The quantitative estimate of drug-likeness (QED) is 0.890. The molecular formula is C19H22N2O2. The predicted octanol–water partition coefficient (Wildman–Crippen LogP) is 2.25. The summed E-state index contributed by atoms with van der Waals surface area (Å²) in [5.41, 5.74) is 1.88. The van der Waals surface area contributed by atoms with Gasteiger partial charge < -0.3 is 15.3 Å². The van der Waals surface area contributed by atoms with Crippen molar-refractivity contribution in [1.82, 2.24) is 5.32 Å². The topological polar surface area (TPSA) is 52.6 Å². The molecule has 0 aromatic heterocycles. The van der Waals surface area contributed by atoms with Gasteiger partial charge in [-0.1, -0.05) is 48.0 Å². The molecule has 1 fully saturated rings. The van der Waals surface area contributed by atoms with Crippen LogP contribution in [-0.4, -0.2) is 29.7 Å². The summed E-state index contributed by atoms with van der Waals surface area (Å²) < 4.78 is 0. The largest absolute Gasteiger partial charge is 0.379 e. The van der Waals surface area contributed by atoms with E-state index in [9.17, 15) is 9.90 Å². The lowest BCUT2D eigenvalue weighted by Crippen LogP contribution is -2.47. The van der Waals surface area contributed by atoms with Gasteiger partial charge in [0.05, 0.1) is 0 Å². The second-order valence-corrected chi connectivity index (χ2v) is 6.16. The number of benzene rings is 2. The Bertz CT molecular complexity index is 670. The number of para-hydroxylation sites is 1. The first-order valence-corrected chi connectivity index (χ1v) is 7.94. The van der Waals surface area contributed by atoms with Crippen molar-refractivity contribution in [2.45, 2.75) is 25.5 Å². The van der Waals surface area contributed by atoms with E-state index < -0.39 is 5.60 Å². The normalized spacial score (nSPS) is 21.0. The van der Waals surface area contributed by atoms with Crippen LogP contribution in [0, 0.1) is 6.92 Å². The first-order valence-electron chi connectivity index (χ1n) is 7.94. The molecule has 4 heteroatoms. The SMILES string of the molecule is Cc1ccc(CNCC2(O)CCN(c3ccccc3)C2=O)cc1. The van der Waals surface area contributed by atoms with Crippen molar-refractivity contribution in [2.75, 3.05) is 18.0 Å². The maximum absolute atomic E-state index is 12.6. The predicted molar refractivity (Wildman–Crippen MR) is 91.2 cm³/mol. The van der Waals surface area contributed by atoms with E-state index >= 15 is 0 Å². The van der Waals surface area contributed by atoms with Crippen LogP contribution in [0.1, 0.15) is 17.5 Å². The molecule has 4 nitrogen and oxygen atoms in total. The standard InChI is InChI=1S/C19H22N2O2/c1-15-7-9-16(10-8-15)13-20-14-19(23)11-12-21(18(19)22)17-5-3-2-4-6-17/h2-10,20,23H,11-14H2,1H3. The van der Waals surface area contributed by atoms with Crippen LogP contribution < -0.4 is 10.2 Å². The lowest BCUT2D eigenvalue weighted by molar-refractivity contribution is -0.132. The fraction of sp³-hybridized carbons (Fsp3) is 0.316. The molecule has 2 N–H and O–H groups in total. The zero-order valence-electron chi connectivity index (χ0n) is 13.3. The number of aryl methyl sites for hydroxylation is 1. The van der Waals surface area contributed by atoms with Gasteiger partial charge in [0, 0.05) is 31.7 Å². The number of hydrogen-bond donors (Lipinski definition) is 2. The molecule has 0 bridgehead atoms. The third-order valence-electron chi connectivity index (χ3n) is 4.33. The van der Waals surface area contributed by atoms with Crippen molar-refractivity contribution in [3.63, 3.8) is 0 Å². The molecule has 3 rings (SSSR count). The van der Waals surface area contributed by atoms with Gasteiger partial charge >= 0.3 is 0 Å². The highest BCUT2D eigenvalue weighted by molar-refractivity contribution is 6.01. The minimum absolute atomic E-state index is 0.222. The van der Waals surface area contributed by atoms with Gasteiger partial charge in [0.25, 0.3) is 5.91 Å². The number of carbonyl (C=O) groups is 1. The molecule has 0 saturated carbocycles. The molecule has 23 heavy (non-hydrogen) atoms. The molecule has 1 heterocycles. The summed E-state index contributed by atoms with van der Waals surface area (Å²) in [5, 5.41) is 13.9. The van der Waals surface area contributed by atoms with Gasteiger partial charge in [-0.05, 0) is 24.6 Å². The zero-order valence-corrected chi connectivity index (χ0v) is 13.3. The number of carbonyl (C=O) groups excluding carboxylic acids is 1. The van der Waals surface area contributed by atoms with Crippen LogP contribution in [0.4, 0.5) is 5.69 Å². The molecule has 1 aliphatic rings. The Hall–Kier alpha value is -2.17. The highest BCUT2D eigenvalue weighted by Crippen LogP contribution is 2.27. The van der Waals surface area contributed by atoms with Crippen molar-refractivity contribution in [3.05, 3.63) is 65.7 Å². The van der Waals surface area contributed by atoms with Gasteiger partial charge in [-0.2, -0.15) is 0 Å². The van der Waals surface area contributed by atoms with Crippen LogP contribution >= 0.6 is 0 Å². The lowest BCUT2D eigenvalue weighted by Gasteiger charge is -2.23. The molecule has 1 saturated heterocycles. The molecule has 1 aliphatic heterocycles. The van der Waals surface area contributed by atoms with E-state index in [1.807, 2.05) is 30.3 Å². The Balaban J connectivity index is 1.59. The van der Waals surface area contributed by atoms with E-state index in [0.29, 0.717) is 19.5 Å². The van der Waals surface area contributed by atoms with Crippen molar-refractivity contribution in [2.24, 2.45) is 0 Å². The molecule has 1 unspecified atom stereocenters. The minimum Gasteiger partial charge on any atom is -0.379 e. The highest BCUT2D eigenvalue weighted by Gasteiger charge is 2.45. The van der Waals surface area contributed by atoms with Gasteiger partial charge in [-0.3, -0.25) is 4.79 Å². The zero-order chi connectivity index (χ0) is 16.3. The van der Waals surface area contributed by atoms with Crippen LogP contribution in [0.3, 0.4) is 0 Å². The van der Waals surface area contributed by atoms with E-state index in [1.54, 1.807) is 4.90 Å². The molecule has 2 aromatic carbocycles. The molecule has 1 atom stereocenters. The number of aliphatic hydroxyl groups is 1. The fourth-order valence-electron chi connectivity index (χ4n) is 2.89. The van der Waals surface area contributed by atoms with E-state index in [4.69, 9.17) is 0 Å². The first-order chi connectivity index (χ1) is 11.1. The third kappa shape index (κ3) is 3.44. The Labute approximate surface area is 136 Å². The van der Waals surface area contributed by atoms with Crippen molar-refractivity contribution in [1.29, 1.82) is 0 Å². The Morgan fingerprint density at radius 3 is 2.52 bits per heavy atom. The van der Waals surface area contributed by atoms with E-state index in [1.165, 1.54) is 5.56 Å². The lowest BCUT2D eigenvalue weighted by atomic mass is 10.0. The smallest absolute Gasteiger partial charge is 0.260 e. The van der Waals surface area contributed by atoms with Gasteiger partial charge in [-0.15, -0.1) is 0 Å². The average Bonchev–Trinajstić information content (AvgIpc) is 2.86. The van der Waals surface area contributed by atoms with Crippen molar-refractivity contribution >= 4 is 11.6 Å². The molecule has 0 spiro atoms. The van der Waals surface area contributed by atoms with Crippen LogP contribution in [0.5, 0.6) is 0 Å². The first kappa shape index (κ1) is 15.7. The summed E-state index contributed by atoms with van der Waals surface area (Å²) >= 11 is 0. The molecule has 1 amide bonds. The minimum atomic E-state index is -1.32. The van der Waals surface area contributed by atoms with Crippen LogP contribution in [0.2, 0.25) is 0 Å². The summed E-state index contributed by atoms with van der Waals surface area (Å²) in [4.78, 5) is 14.2. The molecule has 120 valence electrons. The summed E-state index contributed by atoms with van der Waals surface area (Å²) in [5.74, 6) is -0.222. The van der Waals surface area contributed by atoms with Crippen LogP contribution in [0.15, 0.2) is 54.6 Å². The van der Waals surface area contributed by atoms with E-state index in [0.717, 1.165) is 11.3 Å². The summed E-state index contributed by atoms with van der Waals surface area (Å²) in [6.45, 7) is 3.51. The Morgan fingerprint density at radius 1 is 1.13 bits per heavy atom. The van der Waals surface area contributed by atoms with Gasteiger partial charge in [-0.25, -0.2) is 0 Å². The Kier molecular flexibility index (Phi) is 4.46. The highest BCUT2D eigenvalue weighted by atomic mass is 16.3. The second kappa shape index (κ2) is 6.52. The molecule has 2 aromatic rings. The van der Waals surface area contributed by atoms with Crippen molar-refractivity contribution < 1.29 is 9.90 Å². The maximum Gasteiger partial charge on any atom is 0.260 e. The van der Waals surface area contributed by atoms with Gasteiger partial charge in [0.15, 0.2) is 5.60 Å². The maximum atomic E-state index is 12.6. The number of nitrogens with zero attached hydrogens (tertiary/aromatic N) is 1. The summed E-state index contributed by atoms with van der Waals surface area (Å²) in [6, 6.07) is 17.7. The van der Waals surface area contributed by atoms with E-state index in [-0.39, 0.29) is 12.5 Å². The van der Waals surface area contributed by atoms with Gasteiger partial charge in [0.1, 0.15) is 0 Å². The van der Waals surface area contributed by atoms with E-state index in [2.05, 4.69) is 36.5 Å². The third-order valence-corrected chi connectivity index (χ3v) is 4.33. The van der Waals surface area contributed by atoms with Gasteiger partial charge in [0.2, 0.25) is 0 Å². The fourth-order valence-corrected chi connectivity index (χ4v) is 2.89. The molecule has 0 aliphatic carbocycles. The molecular weight excluding hydrogens is 288 g/mol. The number of hydrogen-bond acceptors (Lipinski definition) is 3. The number of amides is 1. The number of anilines is 1.